The Labute approximate surface area is 162 Å². The van der Waals surface area contributed by atoms with E-state index in [2.05, 4.69) is 25.8 Å². The largest absolute Gasteiger partial charge is 0.487 e. The van der Waals surface area contributed by atoms with Crippen LogP contribution >= 0.6 is 0 Å². The average Bonchev–Trinajstić information content (AvgIpc) is 3.47. The van der Waals surface area contributed by atoms with Crippen molar-refractivity contribution in [3.8, 4) is 5.75 Å². The third-order valence-electron chi connectivity index (χ3n) is 4.27. The molecule has 4 rings (SSSR count). The summed E-state index contributed by atoms with van der Waals surface area (Å²) in [6, 6.07) is 12.6. The Morgan fingerprint density at radius 1 is 1.18 bits per heavy atom. The number of hydrogen-bond donors (Lipinski definition) is 2. The first-order valence-electron chi connectivity index (χ1n) is 9.26. The van der Waals surface area contributed by atoms with E-state index in [4.69, 9.17) is 9.26 Å². The van der Waals surface area contributed by atoms with E-state index in [1.807, 2.05) is 18.2 Å². The van der Waals surface area contributed by atoms with Gasteiger partial charge in [0.15, 0.2) is 5.82 Å². The first kappa shape index (κ1) is 18.0. The molecule has 3 aromatic rings. The molecule has 2 amide bonds. The van der Waals surface area contributed by atoms with Gasteiger partial charge in [-0.2, -0.15) is 4.98 Å². The normalized spacial score (nSPS) is 13.1. The number of ether oxygens (including phenoxy) is 1. The van der Waals surface area contributed by atoms with Gasteiger partial charge in [0.05, 0.1) is 5.69 Å². The maximum atomic E-state index is 12.0. The van der Waals surface area contributed by atoms with Gasteiger partial charge >= 0.3 is 6.03 Å². The van der Waals surface area contributed by atoms with Crippen LogP contribution in [0.4, 0.5) is 10.5 Å². The average molecular weight is 379 g/mol. The number of pyridine rings is 1. The summed E-state index contributed by atoms with van der Waals surface area (Å²) in [6.07, 6.45) is 4.50. The minimum absolute atomic E-state index is 0.284. The molecule has 0 radical (unpaired) electrons. The lowest BCUT2D eigenvalue weighted by atomic mass is 10.3. The second-order valence-corrected chi connectivity index (χ2v) is 6.59. The highest BCUT2D eigenvalue weighted by molar-refractivity contribution is 5.89. The molecule has 28 heavy (non-hydrogen) atoms. The second-order valence-electron chi connectivity index (χ2n) is 6.59. The van der Waals surface area contributed by atoms with Gasteiger partial charge in [-0.1, -0.05) is 11.2 Å². The fourth-order valence-electron chi connectivity index (χ4n) is 2.60. The molecule has 1 saturated carbocycles. The molecule has 1 fully saturated rings. The number of nitrogens with zero attached hydrogens (tertiary/aromatic N) is 3. The van der Waals surface area contributed by atoms with Crippen molar-refractivity contribution in [1.29, 1.82) is 0 Å². The molecule has 144 valence electrons. The summed E-state index contributed by atoms with van der Waals surface area (Å²) in [7, 11) is 0. The van der Waals surface area contributed by atoms with E-state index in [1.165, 1.54) is 0 Å². The molecule has 2 heterocycles. The van der Waals surface area contributed by atoms with Crippen LogP contribution in [0.5, 0.6) is 5.75 Å². The van der Waals surface area contributed by atoms with Crippen molar-refractivity contribution in [1.82, 2.24) is 20.4 Å². The smallest absolute Gasteiger partial charge is 0.319 e. The van der Waals surface area contributed by atoms with E-state index < -0.39 is 0 Å². The van der Waals surface area contributed by atoms with Gasteiger partial charge in [-0.3, -0.25) is 4.98 Å². The number of nitrogens with one attached hydrogen (secondary N) is 2. The van der Waals surface area contributed by atoms with Gasteiger partial charge in [0.1, 0.15) is 12.4 Å². The fraction of sp³-hybridized carbons (Fsp3) is 0.300. The van der Waals surface area contributed by atoms with Gasteiger partial charge in [0.2, 0.25) is 5.89 Å². The summed E-state index contributed by atoms with van der Waals surface area (Å²) in [4.78, 5) is 20.5. The van der Waals surface area contributed by atoms with Gasteiger partial charge in [0.25, 0.3) is 0 Å². The summed E-state index contributed by atoms with van der Waals surface area (Å²) < 4.78 is 10.9. The highest BCUT2D eigenvalue weighted by Crippen LogP contribution is 2.38. The fourth-order valence-corrected chi connectivity index (χ4v) is 2.60. The number of anilines is 1. The molecule has 0 aliphatic heterocycles. The Hall–Kier alpha value is -3.42. The summed E-state index contributed by atoms with van der Waals surface area (Å²) in [5, 5.41) is 9.50. The molecule has 2 N–H and O–H groups in total. The molecule has 1 aliphatic carbocycles. The molecule has 0 spiro atoms. The van der Waals surface area contributed by atoms with Crippen LogP contribution in [0.3, 0.4) is 0 Å². The van der Waals surface area contributed by atoms with E-state index >= 15 is 0 Å². The lowest BCUT2D eigenvalue weighted by Crippen LogP contribution is -2.30. The third kappa shape index (κ3) is 5.06. The number of hydrogen-bond acceptors (Lipinski definition) is 6. The van der Waals surface area contributed by atoms with E-state index in [9.17, 15) is 4.79 Å². The molecule has 1 aliphatic rings. The van der Waals surface area contributed by atoms with Crippen molar-refractivity contribution in [3.05, 3.63) is 66.1 Å². The zero-order chi connectivity index (χ0) is 19.2. The highest BCUT2D eigenvalue weighted by atomic mass is 16.5. The quantitative estimate of drug-likeness (QED) is 0.623. The molecule has 0 unspecified atom stereocenters. The minimum atomic E-state index is -0.284. The Morgan fingerprint density at radius 3 is 2.79 bits per heavy atom. The second kappa shape index (κ2) is 8.51. The molecular weight excluding hydrogens is 358 g/mol. The Balaban J connectivity index is 1.18. The Bertz CT molecular complexity index is 907. The van der Waals surface area contributed by atoms with E-state index in [1.54, 1.807) is 30.5 Å². The van der Waals surface area contributed by atoms with E-state index in [-0.39, 0.29) is 6.03 Å². The van der Waals surface area contributed by atoms with Crippen molar-refractivity contribution < 1.29 is 14.1 Å². The van der Waals surface area contributed by atoms with Crippen LogP contribution in [0.2, 0.25) is 0 Å². The Morgan fingerprint density at radius 2 is 2.04 bits per heavy atom. The molecular formula is C20H21N5O3. The van der Waals surface area contributed by atoms with Crippen molar-refractivity contribution >= 4 is 11.7 Å². The molecule has 8 nitrogen and oxygen atoms in total. The number of amides is 2. The van der Waals surface area contributed by atoms with Gasteiger partial charge < -0.3 is 19.9 Å². The number of carbonyl (C=O) groups excluding carboxylic acids is 1. The third-order valence-corrected chi connectivity index (χ3v) is 4.27. The summed E-state index contributed by atoms with van der Waals surface area (Å²) in [5.74, 6) is 2.48. The number of aromatic nitrogens is 3. The monoisotopic (exact) mass is 379 g/mol. The SMILES string of the molecule is O=C(NCCc1noc(C2CC2)n1)Nc1ccc(OCc2ccccn2)cc1. The first-order valence-corrected chi connectivity index (χ1v) is 9.26. The van der Waals surface area contributed by atoms with Gasteiger partial charge in [-0.05, 0) is 49.2 Å². The van der Waals surface area contributed by atoms with Crippen LogP contribution in [0, 0.1) is 0 Å². The number of benzene rings is 1. The van der Waals surface area contributed by atoms with E-state index in [0.717, 1.165) is 18.5 Å². The van der Waals surface area contributed by atoms with Gasteiger partial charge in [-0.15, -0.1) is 0 Å². The van der Waals surface area contributed by atoms with E-state index in [0.29, 0.717) is 48.6 Å². The van der Waals surface area contributed by atoms with Crippen LogP contribution in [0.1, 0.15) is 36.2 Å². The van der Waals surface area contributed by atoms with Crippen LogP contribution in [0.25, 0.3) is 0 Å². The number of carbonyl (C=O) groups is 1. The number of urea groups is 1. The molecule has 1 aromatic carbocycles. The Kier molecular flexibility index (Phi) is 5.46. The molecule has 2 aromatic heterocycles. The van der Waals surface area contributed by atoms with Crippen LogP contribution in [-0.4, -0.2) is 27.7 Å². The van der Waals surface area contributed by atoms with Crippen LogP contribution in [-0.2, 0) is 13.0 Å². The summed E-state index contributed by atoms with van der Waals surface area (Å²) >= 11 is 0. The standard InChI is InChI=1S/C20H21N5O3/c26-20(22-12-10-18-24-19(28-25-18)14-4-5-14)23-15-6-8-17(9-7-15)27-13-16-3-1-2-11-21-16/h1-3,6-9,11,14H,4-5,10,12-13H2,(H2,22,23,26). The maximum Gasteiger partial charge on any atom is 0.319 e. The van der Waals surface area contributed by atoms with Crippen LogP contribution in [0.15, 0.2) is 53.2 Å². The zero-order valence-corrected chi connectivity index (χ0v) is 15.3. The van der Waals surface area contributed by atoms with Crippen molar-refractivity contribution in [2.45, 2.75) is 31.8 Å². The molecule has 8 heteroatoms. The lowest BCUT2D eigenvalue weighted by molar-refractivity contribution is 0.252. The maximum absolute atomic E-state index is 12.0. The van der Waals surface area contributed by atoms with Crippen molar-refractivity contribution in [2.75, 3.05) is 11.9 Å². The van der Waals surface area contributed by atoms with Gasteiger partial charge in [-0.25, -0.2) is 4.79 Å². The predicted octanol–water partition coefficient (Wildman–Crippen LogP) is 3.29. The summed E-state index contributed by atoms with van der Waals surface area (Å²) in [6.45, 7) is 0.827. The van der Waals surface area contributed by atoms with Crippen molar-refractivity contribution in [2.24, 2.45) is 0 Å². The molecule has 0 atom stereocenters. The highest BCUT2D eigenvalue weighted by Gasteiger charge is 2.29. The lowest BCUT2D eigenvalue weighted by Gasteiger charge is -2.09. The first-order chi connectivity index (χ1) is 13.8. The molecule has 0 saturated heterocycles. The zero-order valence-electron chi connectivity index (χ0n) is 15.3. The van der Waals surface area contributed by atoms with Crippen LogP contribution < -0.4 is 15.4 Å². The predicted molar refractivity (Wildman–Crippen MR) is 102 cm³/mol. The summed E-state index contributed by atoms with van der Waals surface area (Å²) in [5.41, 5.74) is 1.54. The molecule has 0 bridgehead atoms. The minimum Gasteiger partial charge on any atom is -0.487 e. The topological polar surface area (TPSA) is 102 Å². The number of rotatable bonds is 8. The van der Waals surface area contributed by atoms with Crippen molar-refractivity contribution in [3.63, 3.8) is 0 Å². The van der Waals surface area contributed by atoms with Gasteiger partial charge in [0, 0.05) is 30.8 Å².